The smallest absolute Gasteiger partial charge is 0.240 e. The Labute approximate surface area is 186 Å². The van der Waals surface area contributed by atoms with E-state index >= 15 is 0 Å². The third kappa shape index (κ3) is 4.93. The molecule has 2 aromatic carbocycles. The number of aromatic nitrogens is 3. The van der Waals surface area contributed by atoms with Gasteiger partial charge < -0.3 is 10.6 Å². The standard InChI is InChI=1S/C23H23ClN6O/c24-19-9-5-17(6-10-19)14-29-15-22(27-28-29)18-7-3-16(4-8-18)12-21(26)23(31)30-11-1-2-20(30)13-25/h3-10,15,20-21H,1-2,11-12,14,26H2/t20-,21-/m0/s1. The first-order chi connectivity index (χ1) is 15.0. The highest BCUT2D eigenvalue weighted by atomic mass is 35.5. The Balaban J connectivity index is 1.38. The maximum atomic E-state index is 12.6. The van der Waals surface area contributed by atoms with Gasteiger partial charge in [0.05, 0.1) is 24.9 Å². The van der Waals surface area contributed by atoms with Gasteiger partial charge in [0.2, 0.25) is 5.91 Å². The van der Waals surface area contributed by atoms with Crippen molar-refractivity contribution in [3.8, 4) is 17.3 Å². The second-order valence-corrected chi connectivity index (χ2v) is 8.19. The van der Waals surface area contributed by atoms with Crippen LogP contribution in [0.1, 0.15) is 24.0 Å². The molecular formula is C23H23ClN6O. The molecule has 2 heterocycles. The van der Waals surface area contributed by atoms with E-state index in [-0.39, 0.29) is 11.9 Å². The average Bonchev–Trinajstić information content (AvgIpc) is 3.45. The van der Waals surface area contributed by atoms with Gasteiger partial charge in [-0.05, 0) is 42.5 Å². The summed E-state index contributed by atoms with van der Waals surface area (Å²) < 4.78 is 1.78. The molecule has 1 saturated heterocycles. The van der Waals surface area contributed by atoms with Gasteiger partial charge in [0.15, 0.2) is 0 Å². The number of benzene rings is 2. The summed E-state index contributed by atoms with van der Waals surface area (Å²) in [5, 5.41) is 18.4. The first-order valence-corrected chi connectivity index (χ1v) is 10.6. The largest absolute Gasteiger partial charge is 0.325 e. The Morgan fingerprint density at radius 2 is 1.90 bits per heavy atom. The zero-order valence-corrected chi connectivity index (χ0v) is 17.7. The van der Waals surface area contributed by atoms with Gasteiger partial charge in [0.1, 0.15) is 11.7 Å². The van der Waals surface area contributed by atoms with Crippen LogP contribution >= 0.6 is 11.6 Å². The van der Waals surface area contributed by atoms with Crippen molar-refractivity contribution in [2.75, 3.05) is 6.54 Å². The molecule has 7 nitrogen and oxygen atoms in total. The first-order valence-electron chi connectivity index (χ1n) is 10.2. The van der Waals surface area contributed by atoms with E-state index in [1.54, 1.807) is 9.58 Å². The Hall–Kier alpha value is -3.21. The number of likely N-dealkylation sites (tertiary alicyclic amines) is 1. The van der Waals surface area contributed by atoms with Crippen LogP contribution in [0, 0.1) is 11.3 Å². The number of nitrogens with zero attached hydrogens (tertiary/aromatic N) is 5. The van der Waals surface area contributed by atoms with Crippen LogP contribution in [0.2, 0.25) is 5.02 Å². The van der Waals surface area contributed by atoms with Gasteiger partial charge in [0, 0.05) is 17.1 Å². The molecule has 8 heteroatoms. The van der Waals surface area contributed by atoms with Crippen molar-refractivity contribution in [1.82, 2.24) is 19.9 Å². The first kappa shape index (κ1) is 21.0. The lowest BCUT2D eigenvalue weighted by molar-refractivity contribution is -0.132. The number of nitrogens with two attached hydrogens (primary N) is 1. The van der Waals surface area contributed by atoms with Crippen LogP contribution in [0.5, 0.6) is 0 Å². The number of nitriles is 1. The maximum Gasteiger partial charge on any atom is 0.240 e. The summed E-state index contributed by atoms with van der Waals surface area (Å²) in [7, 11) is 0. The fourth-order valence-electron chi connectivity index (χ4n) is 3.82. The maximum absolute atomic E-state index is 12.6. The minimum atomic E-state index is -0.653. The van der Waals surface area contributed by atoms with Crippen LogP contribution in [0.15, 0.2) is 54.7 Å². The third-order valence-electron chi connectivity index (χ3n) is 5.50. The fourth-order valence-corrected chi connectivity index (χ4v) is 3.94. The van der Waals surface area contributed by atoms with Gasteiger partial charge in [0.25, 0.3) is 0 Å². The van der Waals surface area contributed by atoms with E-state index < -0.39 is 6.04 Å². The number of hydrogen-bond donors (Lipinski definition) is 1. The molecule has 1 amide bonds. The molecule has 1 aliphatic heterocycles. The summed E-state index contributed by atoms with van der Waals surface area (Å²) in [6.45, 7) is 1.22. The molecule has 0 spiro atoms. The van der Waals surface area contributed by atoms with Crippen molar-refractivity contribution >= 4 is 17.5 Å². The SMILES string of the molecule is N#C[C@@H]1CCCN1C(=O)[C@@H](N)Cc1ccc(-c2cn(Cc3ccc(Cl)cc3)nn2)cc1. The van der Waals surface area contributed by atoms with Gasteiger partial charge in [-0.2, -0.15) is 5.26 Å². The topological polar surface area (TPSA) is 101 Å². The number of halogens is 1. The molecule has 0 aliphatic carbocycles. The van der Waals surface area contributed by atoms with E-state index in [1.165, 1.54) is 0 Å². The summed E-state index contributed by atoms with van der Waals surface area (Å²) in [5.41, 5.74) is 9.91. The van der Waals surface area contributed by atoms with Gasteiger partial charge in [-0.15, -0.1) is 5.10 Å². The third-order valence-corrected chi connectivity index (χ3v) is 5.76. The molecule has 158 valence electrons. The Morgan fingerprint density at radius 1 is 1.19 bits per heavy atom. The average molecular weight is 435 g/mol. The molecule has 1 fully saturated rings. The van der Waals surface area contributed by atoms with Crippen LogP contribution in [0.3, 0.4) is 0 Å². The van der Waals surface area contributed by atoms with Crippen LogP contribution in [0.4, 0.5) is 0 Å². The van der Waals surface area contributed by atoms with Crippen molar-refractivity contribution in [2.24, 2.45) is 5.73 Å². The Morgan fingerprint density at radius 3 is 2.61 bits per heavy atom. The van der Waals surface area contributed by atoms with Crippen LogP contribution in [-0.4, -0.2) is 44.4 Å². The van der Waals surface area contributed by atoms with Gasteiger partial charge in [-0.1, -0.05) is 53.2 Å². The van der Waals surface area contributed by atoms with Gasteiger partial charge >= 0.3 is 0 Å². The molecule has 2 atom stereocenters. The number of amides is 1. The van der Waals surface area contributed by atoms with E-state index in [4.69, 9.17) is 17.3 Å². The summed E-state index contributed by atoms with van der Waals surface area (Å²) in [5.74, 6) is -0.154. The lowest BCUT2D eigenvalue weighted by Crippen LogP contribution is -2.46. The lowest BCUT2D eigenvalue weighted by Gasteiger charge is -2.23. The number of hydrogen-bond acceptors (Lipinski definition) is 5. The van der Waals surface area contributed by atoms with Crippen molar-refractivity contribution < 1.29 is 4.79 Å². The minimum Gasteiger partial charge on any atom is -0.325 e. The minimum absolute atomic E-state index is 0.154. The van der Waals surface area contributed by atoms with E-state index in [9.17, 15) is 10.1 Å². The normalized spacial score (nSPS) is 16.8. The van der Waals surface area contributed by atoms with Crippen molar-refractivity contribution in [3.63, 3.8) is 0 Å². The molecule has 1 aliphatic rings. The number of carbonyl (C=O) groups is 1. The molecule has 2 N–H and O–H groups in total. The summed E-state index contributed by atoms with van der Waals surface area (Å²) in [6.07, 6.45) is 3.90. The fraction of sp³-hybridized carbons (Fsp3) is 0.304. The van der Waals surface area contributed by atoms with Crippen molar-refractivity contribution in [3.05, 3.63) is 70.9 Å². The summed E-state index contributed by atoms with van der Waals surface area (Å²) in [6, 6.07) is 16.6. The molecule has 0 saturated carbocycles. The highest BCUT2D eigenvalue weighted by Crippen LogP contribution is 2.20. The van der Waals surface area contributed by atoms with Crippen molar-refractivity contribution in [2.45, 2.75) is 37.9 Å². The molecule has 0 radical (unpaired) electrons. The van der Waals surface area contributed by atoms with E-state index in [2.05, 4.69) is 16.4 Å². The molecule has 3 aromatic rings. The molecule has 0 bridgehead atoms. The highest BCUT2D eigenvalue weighted by Gasteiger charge is 2.31. The molecule has 31 heavy (non-hydrogen) atoms. The quantitative estimate of drug-likeness (QED) is 0.642. The van der Waals surface area contributed by atoms with Crippen LogP contribution < -0.4 is 5.73 Å². The molecule has 0 unspecified atom stereocenters. The Kier molecular flexibility index (Phi) is 6.31. The number of rotatable bonds is 6. The van der Waals surface area contributed by atoms with Crippen LogP contribution in [-0.2, 0) is 17.8 Å². The summed E-state index contributed by atoms with van der Waals surface area (Å²) >= 11 is 5.93. The zero-order chi connectivity index (χ0) is 21.8. The molecule has 4 rings (SSSR count). The molecule has 1 aromatic heterocycles. The van der Waals surface area contributed by atoms with E-state index in [0.717, 1.165) is 35.2 Å². The van der Waals surface area contributed by atoms with Crippen molar-refractivity contribution in [1.29, 1.82) is 5.26 Å². The second kappa shape index (κ2) is 9.29. The van der Waals surface area contributed by atoms with Gasteiger partial charge in [-0.25, -0.2) is 4.68 Å². The highest BCUT2D eigenvalue weighted by molar-refractivity contribution is 6.30. The predicted molar refractivity (Wildman–Crippen MR) is 118 cm³/mol. The summed E-state index contributed by atoms with van der Waals surface area (Å²) in [4.78, 5) is 14.2. The Bertz CT molecular complexity index is 1090. The predicted octanol–water partition coefficient (Wildman–Crippen LogP) is 3.03. The second-order valence-electron chi connectivity index (χ2n) is 7.75. The monoisotopic (exact) mass is 434 g/mol. The van der Waals surface area contributed by atoms with Gasteiger partial charge in [-0.3, -0.25) is 4.79 Å². The van der Waals surface area contributed by atoms with E-state index in [0.29, 0.717) is 24.5 Å². The van der Waals surface area contributed by atoms with E-state index in [1.807, 2.05) is 54.7 Å². The van der Waals surface area contributed by atoms with Crippen LogP contribution in [0.25, 0.3) is 11.3 Å². The molecular weight excluding hydrogens is 412 g/mol. The zero-order valence-electron chi connectivity index (χ0n) is 17.0. The number of carbonyl (C=O) groups excluding carboxylic acids is 1. The lowest BCUT2D eigenvalue weighted by atomic mass is 10.0.